The number of carbonyl (C=O) groups excluding carboxylic acids is 1. The van der Waals surface area contributed by atoms with E-state index in [-0.39, 0.29) is 5.75 Å². The monoisotopic (exact) mass is 471 g/mol. The highest BCUT2D eigenvalue weighted by Gasteiger charge is 2.22. The standard InChI is InChI=1S/C25H27F2N3O4/c1-16-5-6-22(34-16)18-14-28-25(29-15-18)30-9-7-17(8-10-30)4-3-11-33-19-12-20(26)23(21(27)13-19)24(31)32-2/h5-6,12-15,17H,3-4,7-11H2,1-2H3. The molecule has 2 aromatic heterocycles. The lowest BCUT2D eigenvalue weighted by molar-refractivity contribution is 0.0589. The van der Waals surface area contributed by atoms with Crippen molar-refractivity contribution in [1.29, 1.82) is 0 Å². The highest BCUT2D eigenvalue weighted by atomic mass is 19.1. The fourth-order valence-corrected chi connectivity index (χ4v) is 4.12. The maximum Gasteiger partial charge on any atom is 0.343 e. The van der Waals surface area contributed by atoms with E-state index in [0.29, 0.717) is 18.5 Å². The van der Waals surface area contributed by atoms with Crippen LogP contribution in [0.25, 0.3) is 11.3 Å². The summed E-state index contributed by atoms with van der Waals surface area (Å²) in [6, 6.07) is 5.84. The zero-order valence-corrected chi connectivity index (χ0v) is 19.2. The zero-order chi connectivity index (χ0) is 24.1. The lowest BCUT2D eigenvalue weighted by Gasteiger charge is -2.32. The SMILES string of the molecule is COC(=O)c1c(F)cc(OCCCC2CCN(c3ncc(-c4ccc(C)o4)cn3)CC2)cc1F. The minimum absolute atomic E-state index is 0.0581. The number of rotatable bonds is 8. The highest BCUT2D eigenvalue weighted by Crippen LogP contribution is 2.27. The van der Waals surface area contributed by atoms with Crippen molar-refractivity contribution in [2.24, 2.45) is 5.92 Å². The second kappa shape index (κ2) is 10.6. The molecule has 1 fully saturated rings. The Labute approximate surface area is 196 Å². The number of hydrogen-bond donors (Lipinski definition) is 0. The van der Waals surface area contributed by atoms with Gasteiger partial charge in [-0.2, -0.15) is 0 Å². The topological polar surface area (TPSA) is 77.7 Å². The molecule has 1 aromatic carbocycles. The number of halogens is 2. The first-order chi connectivity index (χ1) is 16.4. The van der Waals surface area contributed by atoms with E-state index in [1.807, 2.05) is 19.1 Å². The minimum atomic E-state index is -1.05. The van der Waals surface area contributed by atoms with Crippen LogP contribution in [-0.2, 0) is 4.74 Å². The van der Waals surface area contributed by atoms with Crippen molar-refractivity contribution in [3.63, 3.8) is 0 Å². The molecular formula is C25H27F2N3O4. The van der Waals surface area contributed by atoms with E-state index in [1.54, 1.807) is 12.4 Å². The van der Waals surface area contributed by atoms with Crippen LogP contribution in [0.4, 0.5) is 14.7 Å². The van der Waals surface area contributed by atoms with Crippen LogP contribution in [0, 0.1) is 24.5 Å². The predicted octanol–water partition coefficient (Wildman–Crippen LogP) is 5.19. The van der Waals surface area contributed by atoms with Crippen LogP contribution >= 0.6 is 0 Å². The van der Waals surface area contributed by atoms with Crippen molar-refractivity contribution in [2.45, 2.75) is 32.6 Å². The fourth-order valence-electron chi connectivity index (χ4n) is 4.12. The van der Waals surface area contributed by atoms with Crippen molar-refractivity contribution >= 4 is 11.9 Å². The summed E-state index contributed by atoms with van der Waals surface area (Å²) in [5, 5.41) is 0. The average Bonchev–Trinajstić information content (AvgIpc) is 3.28. The van der Waals surface area contributed by atoms with Gasteiger partial charge >= 0.3 is 5.97 Å². The Morgan fingerprint density at radius 3 is 2.41 bits per heavy atom. The molecule has 0 amide bonds. The molecule has 3 aromatic rings. The van der Waals surface area contributed by atoms with Crippen LogP contribution in [0.2, 0.25) is 0 Å². The number of furan rings is 1. The Morgan fingerprint density at radius 2 is 1.82 bits per heavy atom. The number of anilines is 1. The Bertz CT molecular complexity index is 1100. The Kier molecular flexibility index (Phi) is 7.40. The lowest BCUT2D eigenvalue weighted by Crippen LogP contribution is -2.34. The quantitative estimate of drug-likeness (QED) is 0.331. The molecule has 1 aliphatic heterocycles. The van der Waals surface area contributed by atoms with Crippen molar-refractivity contribution in [2.75, 3.05) is 31.7 Å². The summed E-state index contributed by atoms with van der Waals surface area (Å²) in [6.45, 7) is 3.98. The molecule has 7 nitrogen and oxygen atoms in total. The Balaban J connectivity index is 1.20. The summed E-state index contributed by atoms with van der Waals surface area (Å²) in [5.74, 6) is -0.122. The number of benzene rings is 1. The molecule has 0 N–H and O–H groups in total. The molecule has 0 bridgehead atoms. The zero-order valence-electron chi connectivity index (χ0n) is 19.2. The van der Waals surface area contributed by atoms with E-state index in [1.165, 1.54) is 0 Å². The number of ether oxygens (including phenoxy) is 2. The molecule has 180 valence electrons. The maximum atomic E-state index is 14.0. The third-order valence-electron chi connectivity index (χ3n) is 5.99. The summed E-state index contributed by atoms with van der Waals surface area (Å²) in [6.07, 6.45) is 7.32. The summed E-state index contributed by atoms with van der Waals surface area (Å²) < 4.78 is 43.5. The van der Waals surface area contributed by atoms with Gasteiger partial charge in [0.05, 0.1) is 19.3 Å². The molecule has 1 aliphatic rings. The number of hydrogen-bond acceptors (Lipinski definition) is 7. The summed E-state index contributed by atoms with van der Waals surface area (Å²) in [7, 11) is 1.07. The molecule has 9 heteroatoms. The number of aryl methyl sites for hydroxylation is 1. The number of esters is 1. The molecule has 0 aliphatic carbocycles. The predicted molar refractivity (Wildman–Crippen MR) is 122 cm³/mol. The van der Waals surface area contributed by atoms with Crippen molar-refractivity contribution in [1.82, 2.24) is 9.97 Å². The first-order valence-electron chi connectivity index (χ1n) is 11.3. The number of carbonyl (C=O) groups is 1. The average molecular weight is 472 g/mol. The number of nitrogens with zero attached hydrogens (tertiary/aromatic N) is 3. The second-order valence-electron chi connectivity index (χ2n) is 8.36. The minimum Gasteiger partial charge on any atom is -0.493 e. The summed E-state index contributed by atoms with van der Waals surface area (Å²) in [4.78, 5) is 22.6. The van der Waals surface area contributed by atoms with Gasteiger partial charge in [0.15, 0.2) is 0 Å². The van der Waals surface area contributed by atoms with Gasteiger partial charge in [0.25, 0.3) is 0 Å². The van der Waals surface area contributed by atoms with Crippen LogP contribution in [0.1, 0.15) is 41.8 Å². The van der Waals surface area contributed by atoms with E-state index in [0.717, 1.165) is 75.1 Å². The molecular weight excluding hydrogens is 444 g/mol. The van der Waals surface area contributed by atoms with Crippen LogP contribution in [-0.4, -0.2) is 42.7 Å². The molecule has 1 saturated heterocycles. The van der Waals surface area contributed by atoms with Crippen LogP contribution in [0.15, 0.2) is 41.1 Å². The van der Waals surface area contributed by atoms with Gasteiger partial charge < -0.3 is 18.8 Å². The Hall–Kier alpha value is -3.49. The van der Waals surface area contributed by atoms with Crippen molar-refractivity contribution in [3.8, 4) is 17.1 Å². The molecule has 0 saturated carbocycles. The van der Waals surface area contributed by atoms with Gasteiger partial charge in [0.2, 0.25) is 5.95 Å². The highest BCUT2D eigenvalue weighted by molar-refractivity contribution is 5.90. The van der Waals surface area contributed by atoms with Gasteiger partial charge in [-0.1, -0.05) is 0 Å². The van der Waals surface area contributed by atoms with Crippen LogP contribution in [0.3, 0.4) is 0 Å². The van der Waals surface area contributed by atoms with E-state index in [9.17, 15) is 13.6 Å². The first kappa shape index (κ1) is 23.7. The van der Waals surface area contributed by atoms with Gasteiger partial charge in [-0.05, 0) is 50.7 Å². The first-order valence-corrected chi connectivity index (χ1v) is 11.3. The lowest BCUT2D eigenvalue weighted by atomic mass is 9.92. The third kappa shape index (κ3) is 5.52. The van der Waals surface area contributed by atoms with E-state index < -0.39 is 23.2 Å². The molecule has 0 radical (unpaired) electrons. The molecule has 0 unspecified atom stereocenters. The summed E-state index contributed by atoms with van der Waals surface area (Å²) >= 11 is 0. The van der Waals surface area contributed by atoms with Gasteiger partial charge in [0.1, 0.15) is 34.5 Å². The number of aromatic nitrogens is 2. The van der Waals surface area contributed by atoms with Gasteiger partial charge in [-0.3, -0.25) is 0 Å². The molecule has 3 heterocycles. The van der Waals surface area contributed by atoms with E-state index in [2.05, 4.69) is 19.6 Å². The number of piperidine rings is 1. The van der Waals surface area contributed by atoms with Gasteiger partial charge in [0, 0.05) is 37.6 Å². The smallest absolute Gasteiger partial charge is 0.343 e. The van der Waals surface area contributed by atoms with Gasteiger partial charge in [-0.15, -0.1) is 0 Å². The van der Waals surface area contributed by atoms with E-state index in [4.69, 9.17) is 9.15 Å². The van der Waals surface area contributed by atoms with Crippen molar-refractivity contribution < 1.29 is 27.5 Å². The third-order valence-corrected chi connectivity index (χ3v) is 5.99. The summed E-state index contributed by atoms with van der Waals surface area (Å²) in [5.41, 5.74) is 0.141. The second-order valence-corrected chi connectivity index (χ2v) is 8.36. The van der Waals surface area contributed by atoms with Crippen molar-refractivity contribution in [3.05, 3.63) is 59.6 Å². The largest absolute Gasteiger partial charge is 0.493 e. The normalized spacial score (nSPS) is 14.3. The van der Waals surface area contributed by atoms with Crippen LogP contribution in [0.5, 0.6) is 5.75 Å². The molecule has 0 spiro atoms. The molecule has 4 rings (SSSR count). The Morgan fingerprint density at radius 1 is 1.15 bits per heavy atom. The molecule has 34 heavy (non-hydrogen) atoms. The number of methoxy groups -OCH3 is 1. The maximum absolute atomic E-state index is 14.0. The van der Waals surface area contributed by atoms with Gasteiger partial charge in [-0.25, -0.2) is 23.5 Å². The van der Waals surface area contributed by atoms with E-state index >= 15 is 0 Å². The fraction of sp³-hybridized carbons (Fsp3) is 0.400. The molecule has 0 atom stereocenters. The van der Waals surface area contributed by atoms with Crippen LogP contribution < -0.4 is 9.64 Å².